The normalized spacial score (nSPS) is 16.9. The molecule has 3 rings (SSSR count). The van der Waals surface area contributed by atoms with Crippen LogP contribution in [-0.4, -0.2) is 34.8 Å². The Kier molecular flexibility index (Phi) is 6.84. The number of nitrogens with one attached hydrogen (secondary N) is 2. The molecule has 6 nitrogen and oxygen atoms in total. The number of benzene rings is 1. The van der Waals surface area contributed by atoms with Gasteiger partial charge < -0.3 is 10.6 Å². The standard InChI is InChI=1S/C18H19F3N4O2.ClH/c1-11-9-15(26)16(17(27)23-12-5-4-8-22-10-12)24-25(11)14-7-3-2-6-13(14)18(19,20)21;/h2-3,6-7,9,12,22H,4-5,8,10H2,1H3,(H,23,27);1H. The maximum Gasteiger partial charge on any atom is 0.418 e. The molecule has 2 aromatic rings. The molecule has 10 heteroatoms. The highest BCUT2D eigenvalue weighted by molar-refractivity contribution is 5.92. The second kappa shape index (κ2) is 8.74. The number of aromatic nitrogens is 2. The van der Waals surface area contributed by atoms with Gasteiger partial charge in [0.15, 0.2) is 5.69 Å². The second-order valence-electron chi connectivity index (χ2n) is 6.44. The van der Waals surface area contributed by atoms with Crippen LogP contribution in [-0.2, 0) is 6.18 Å². The first kappa shape index (κ1) is 21.9. The zero-order valence-corrected chi connectivity index (χ0v) is 15.9. The Bertz CT molecular complexity index is 908. The van der Waals surface area contributed by atoms with Crippen molar-refractivity contribution < 1.29 is 18.0 Å². The number of hydrogen-bond donors (Lipinski definition) is 2. The van der Waals surface area contributed by atoms with Gasteiger partial charge in [-0.15, -0.1) is 12.4 Å². The number of piperidine rings is 1. The molecule has 1 amide bonds. The number of rotatable bonds is 3. The number of aryl methyl sites for hydroxylation is 1. The number of para-hydroxylation sites is 1. The summed E-state index contributed by atoms with van der Waals surface area (Å²) in [4.78, 5) is 24.7. The van der Waals surface area contributed by atoms with Crippen LogP contribution in [0.4, 0.5) is 13.2 Å². The summed E-state index contributed by atoms with van der Waals surface area (Å²) in [5.74, 6) is -0.688. The topological polar surface area (TPSA) is 76.0 Å². The number of hydrogen-bond acceptors (Lipinski definition) is 4. The summed E-state index contributed by atoms with van der Waals surface area (Å²) in [6.45, 7) is 2.90. The van der Waals surface area contributed by atoms with Crippen molar-refractivity contribution in [3.63, 3.8) is 0 Å². The lowest BCUT2D eigenvalue weighted by Gasteiger charge is -2.23. The SMILES string of the molecule is Cc1cc(=O)c(C(=O)NC2CCCNC2)nn1-c1ccccc1C(F)(F)F.Cl. The van der Waals surface area contributed by atoms with E-state index in [1.165, 1.54) is 25.1 Å². The highest BCUT2D eigenvalue weighted by Crippen LogP contribution is 2.33. The van der Waals surface area contributed by atoms with Crippen molar-refractivity contribution >= 4 is 18.3 Å². The van der Waals surface area contributed by atoms with Gasteiger partial charge >= 0.3 is 6.18 Å². The molecular weight excluding hydrogens is 397 g/mol. The zero-order chi connectivity index (χ0) is 19.6. The molecule has 2 N–H and O–H groups in total. The third-order valence-corrected chi connectivity index (χ3v) is 4.39. The minimum Gasteiger partial charge on any atom is -0.347 e. The summed E-state index contributed by atoms with van der Waals surface area (Å²) < 4.78 is 41.0. The molecule has 1 unspecified atom stereocenters. The molecule has 2 heterocycles. The fourth-order valence-corrected chi connectivity index (χ4v) is 3.08. The van der Waals surface area contributed by atoms with Gasteiger partial charge in [-0.3, -0.25) is 9.59 Å². The van der Waals surface area contributed by atoms with E-state index in [9.17, 15) is 22.8 Å². The van der Waals surface area contributed by atoms with Crippen molar-refractivity contribution in [2.24, 2.45) is 0 Å². The molecule has 1 aliphatic rings. The fraction of sp³-hybridized carbons (Fsp3) is 0.389. The van der Waals surface area contributed by atoms with Gasteiger partial charge in [0.2, 0.25) is 5.43 Å². The largest absolute Gasteiger partial charge is 0.418 e. The van der Waals surface area contributed by atoms with Crippen molar-refractivity contribution in [1.29, 1.82) is 0 Å². The maximum absolute atomic E-state index is 13.3. The summed E-state index contributed by atoms with van der Waals surface area (Å²) >= 11 is 0. The van der Waals surface area contributed by atoms with Crippen LogP contribution in [0.15, 0.2) is 35.1 Å². The van der Waals surface area contributed by atoms with E-state index >= 15 is 0 Å². The van der Waals surface area contributed by atoms with E-state index in [0.29, 0.717) is 6.54 Å². The van der Waals surface area contributed by atoms with Gasteiger partial charge in [0.1, 0.15) is 0 Å². The number of halogens is 4. The highest BCUT2D eigenvalue weighted by Gasteiger charge is 2.34. The Balaban J connectivity index is 0.00000280. The van der Waals surface area contributed by atoms with Gasteiger partial charge in [-0.1, -0.05) is 12.1 Å². The number of carbonyl (C=O) groups excluding carboxylic acids is 1. The van der Waals surface area contributed by atoms with Crippen molar-refractivity contribution in [1.82, 2.24) is 20.4 Å². The maximum atomic E-state index is 13.3. The number of alkyl halides is 3. The Morgan fingerprint density at radius 3 is 2.68 bits per heavy atom. The molecule has 152 valence electrons. The molecule has 1 saturated heterocycles. The van der Waals surface area contributed by atoms with E-state index in [-0.39, 0.29) is 29.8 Å². The van der Waals surface area contributed by atoms with Crippen LogP contribution in [0.3, 0.4) is 0 Å². The zero-order valence-electron chi connectivity index (χ0n) is 15.0. The molecule has 0 saturated carbocycles. The minimum atomic E-state index is -4.59. The predicted octanol–water partition coefficient (Wildman–Crippen LogP) is 2.46. The van der Waals surface area contributed by atoms with Crippen molar-refractivity contribution in [2.45, 2.75) is 32.0 Å². The Hall–Kier alpha value is -2.39. The molecule has 0 radical (unpaired) electrons. The van der Waals surface area contributed by atoms with Gasteiger partial charge in [0.05, 0.1) is 11.3 Å². The second-order valence-corrected chi connectivity index (χ2v) is 6.44. The smallest absolute Gasteiger partial charge is 0.347 e. The van der Waals surface area contributed by atoms with Gasteiger partial charge in [-0.05, 0) is 38.4 Å². The van der Waals surface area contributed by atoms with E-state index in [4.69, 9.17) is 0 Å². The molecule has 28 heavy (non-hydrogen) atoms. The van der Waals surface area contributed by atoms with E-state index in [2.05, 4.69) is 15.7 Å². The van der Waals surface area contributed by atoms with E-state index in [1.807, 2.05) is 0 Å². The van der Waals surface area contributed by atoms with Crippen LogP contribution < -0.4 is 16.1 Å². The molecule has 0 bridgehead atoms. The molecule has 1 aromatic heterocycles. The molecule has 1 aromatic carbocycles. The summed E-state index contributed by atoms with van der Waals surface area (Å²) in [5.41, 5.74) is -1.99. The third kappa shape index (κ3) is 4.71. The number of amides is 1. The quantitative estimate of drug-likeness (QED) is 0.806. The molecule has 1 fully saturated rings. The van der Waals surface area contributed by atoms with Crippen LogP contribution in [0.2, 0.25) is 0 Å². The monoisotopic (exact) mass is 416 g/mol. The molecular formula is C18H20ClF3N4O2. The number of nitrogens with zero attached hydrogens (tertiary/aromatic N) is 2. The van der Waals surface area contributed by atoms with Gasteiger partial charge in [-0.2, -0.15) is 18.3 Å². The van der Waals surface area contributed by atoms with E-state index in [0.717, 1.165) is 36.2 Å². The lowest BCUT2D eigenvalue weighted by Crippen LogP contribution is -2.47. The van der Waals surface area contributed by atoms with Crippen LogP contribution in [0.1, 0.15) is 34.6 Å². The minimum absolute atomic E-state index is 0. The van der Waals surface area contributed by atoms with Gasteiger partial charge in [0.25, 0.3) is 5.91 Å². The molecule has 0 aliphatic carbocycles. The predicted molar refractivity (Wildman–Crippen MR) is 100 cm³/mol. The first-order chi connectivity index (χ1) is 12.8. The van der Waals surface area contributed by atoms with E-state index < -0.39 is 28.8 Å². The summed E-state index contributed by atoms with van der Waals surface area (Å²) in [6.07, 6.45) is -2.95. The first-order valence-corrected chi connectivity index (χ1v) is 8.56. The molecule has 0 spiro atoms. The highest BCUT2D eigenvalue weighted by atomic mass is 35.5. The van der Waals surface area contributed by atoms with Gasteiger partial charge in [0, 0.05) is 24.3 Å². The molecule has 1 atom stereocenters. The molecule has 1 aliphatic heterocycles. The van der Waals surface area contributed by atoms with Gasteiger partial charge in [-0.25, -0.2) is 4.68 Å². The van der Waals surface area contributed by atoms with Crippen LogP contribution >= 0.6 is 12.4 Å². The average Bonchev–Trinajstić information content (AvgIpc) is 2.62. The van der Waals surface area contributed by atoms with Crippen molar-refractivity contribution in [3.05, 3.63) is 57.5 Å². The van der Waals surface area contributed by atoms with Crippen molar-refractivity contribution in [2.75, 3.05) is 13.1 Å². The van der Waals surface area contributed by atoms with Crippen molar-refractivity contribution in [3.8, 4) is 5.69 Å². The Morgan fingerprint density at radius 1 is 1.32 bits per heavy atom. The van der Waals surface area contributed by atoms with Crippen LogP contribution in [0, 0.1) is 6.92 Å². The lowest BCUT2D eigenvalue weighted by atomic mass is 10.1. The average molecular weight is 417 g/mol. The first-order valence-electron chi connectivity index (χ1n) is 8.56. The lowest BCUT2D eigenvalue weighted by molar-refractivity contribution is -0.137. The van der Waals surface area contributed by atoms with Crippen LogP contribution in [0.5, 0.6) is 0 Å². The van der Waals surface area contributed by atoms with E-state index in [1.54, 1.807) is 0 Å². The summed E-state index contributed by atoms with van der Waals surface area (Å²) in [7, 11) is 0. The third-order valence-electron chi connectivity index (χ3n) is 4.39. The Morgan fingerprint density at radius 2 is 2.04 bits per heavy atom. The number of carbonyl (C=O) groups is 1. The fourth-order valence-electron chi connectivity index (χ4n) is 3.08. The van der Waals surface area contributed by atoms with Crippen LogP contribution in [0.25, 0.3) is 5.69 Å². The Labute approximate surface area is 165 Å². The summed E-state index contributed by atoms with van der Waals surface area (Å²) in [5, 5.41) is 9.81. The summed E-state index contributed by atoms with van der Waals surface area (Å²) in [6, 6.07) is 5.87.